The third kappa shape index (κ3) is 4.09. The smallest absolute Gasteiger partial charge is 0.337 e. The molecule has 6 heteroatoms. The van der Waals surface area contributed by atoms with Crippen molar-refractivity contribution in [1.29, 1.82) is 0 Å². The van der Waals surface area contributed by atoms with E-state index in [0.717, 1.165) is 44.0 Å². The fourth-order valence-electron chi connectivity index (χ4n) is 4.01. The van der Waals surface area contributed by atoms with Gasteiger partial charge < -0.3 is 10.1 Å². The first-order chi connectivity index (χ1) is 14.0. The maximum absolute atomic E-state index is 13.1. The van der Waals surface area contributed by atoms with Gasteiger partial charge in [-0.05, 0) is 24.6 Å². The van der Waals surface area contributed by atoms with Crippen molar-refractivity contribution in [3.8, 4) is 0 Å². The molecular formula is C23H25N3O3. The number of H-pyrrole nitrogens is 1. The van der Waals surface area contributed by atoms with Crippen molar-refractivity contribution in [2.24, 2.45) is 0 Å². The van der Waals surface area contributed by atoms with E-state index in [-0.39, 0.29) is 11.0 Å². The van der Waals surface area contributed by atoms with Crippen LogP contribution in [-0.2, 0) is 13.1 Å². The monoisotopic (exact) mass is 391 g/mol. The zero-order valence-corrected chi connectivity index (χ0v) is 16.5. The van der Waals surface area contributed by atoms with Gasteiger partial charge in [0.1, 0.15) is 0 Å². The van der Waals surface area contributed by atoms with Gasteiger partial charge in [-0.3, -0.25) is 14.6 Å². The summed E-state index contributed by atoms with van der Waals surface area (Å²) in [5.41, 5.74) is 3.23. The molecule has 0 atom stereocenters. The summed E-state index contributed by atoms with van der Waals surface area (Å²) in [5, 5.41) is 9.83. The summed E-state index contributed by atoms with van der Waals surface area (Å²) in [4.78, 5) is 32.4. The second-order valence-corrected chi connectivity index (χ2v) is 7.63. The number of rotatable bonds is 5. The van der Waals surface area contributed by atoms with Crippen molar-refractivity contribution in [2.45, 2.75) is 20.0 Å². The molecule has 0 saturated carbocycles. The minimum atomic E-state index is -1.03. The summed E-state index contributed by atoms with van der Waals surface area (Å²) < 4.78 is 0. The molecular weight excluding hydrogens is 366 g/mol. The summed E-state index contributed by atoms with van der Waals surface area (Å²) in [6.07, 6.45) is 0. The van der Waals surface area contributed by atoms with Crippen molar-refractivity contribution in [2.75, 3.05) is 26.2 Å². The average Bonchev–Trinajstić information content (AvgIpc) is 2.72. The largest absolute Gasteiger partial charge is 0.478 e. The number of benzene rings is 2. The van der Waals surface area contributed by atoms with E-state index < -0.39 is 5.97 Å². The quantitative estimate of drug-likeness (QED) is 0.699. The number of nitrogens with one attached hydrogen (secondary N) is 1. The van der Waals surface area contributed by atoms with Gasteiger partial charge in [-0.2, -0.15) is 0 Å². The van der Waals surface area contributed by atoms with E-state index in [1.54, 1.807) is 12.1 Å². The Morgan fingerprint density at radius 3 is 2.28 bits per heavy atom. The molecule has 150 valence electrons. The number of carboxylic acids is 1. The molecule has 6 nitrogen and oxygen atoms in total. The lowest BCUT2D eigenvalue weighted by atomic mass is 10.0. The molecule has 0 amide bonds. The minimum Gasteiger partial charge on any atom is -0.478 e. The lowest BCUT2D eigenvalue weighted by Crippen LogP contribution is -2.46. The number of aryl methyl sites for hydroxylation is 1. The van der Waals surface area contributed by atoms with Crippen molar-refractivity contribution >= 4 is 16.9 Å². The van der Waals surface area contributed by atoms with Gasteiger partial charge in [0.05, 0.1) is 11.1 Å². The predicted octanol–water partition coefficient (Wildman–Crippen LogP) is 2.85. The fraction of sp³-hybridized carbons (Fsp3) is 0.304. The first kappa shape index (κ1) is 19.4. The van der Waals surface area contributed by atoms with Crippen LogP contribution in [0.3, 0.4) is 0 Å². The molecule has 1 saturated heterocycles. The minimum absolute atomic E-state index is 0.0777. The van der Waals surface area contributed by atoms with Gasteiger partial charge in [0.2, 0.25) is 0 Å². The number of hydrogen-bond donors (Lipinski definition) is 2. The standard InChI is InChI=1S/C23H25N3O3/c1-16-20(22(27)18-8-5-9-19(23(28)29)21(18)24-16)15-26-12-10-25(11-13-26)14-17-6-3-2-4-7-17/h2-9H,10-15H2,1H3,(H,24,27)(H,28,29). The van der Waals surface area contributed by atoms with Crippen LogP contribution in [0.2, 0.25) is 0 Å². The molecule has 1 aliphatic heterocycles. The van der Waals surface area contributed by atoms with Gasteiger partial charge in [0, 0.05) is 55.9 Å². The van der Waals surface area contributed by atoms with Crippen molar-refractivity contribution in [3.05, 3.63) is 81.1 Å². The van der Waals surface area contributed by atoms with E-state index in [9.17, 15) is 14.7 Å². The lowest BCUT2D eigenvalue weighted by Gasteiger charge is -2.34. The third-order valence-corrected chi connectivity index (χ3v) is 5.67. The zero-order chi connectivity index (χ0) is 20.4. The molecule has 29 heavy (non-hydrogen) atoms. The molecule has 2 N–H and O–H groups in total. The Balaban J connectivity index is 1.49. The van der Waals surface area contributed by atoms with Gasteiger partial charge in [0.15, 0.2) is 5.43 Å². The van der Waals surface area contributed by atoms with Gasteiger partial charge in [-0.25, -0.2) is 4.79 Å². The van der Waals surface area contributed by atoms with E-state index in [1.165, 1.54) is 11.6 Å². The number of hydrogen-bond acceptors (Lipinski definition) is 4. The molecule has 0 spiro atoms. The summed E-state index contributed by atoms with van der Waals surface area (Å²) in [5.74, 6) is -1.03. The van der Waals surface area contributed by atoms with Crippen molar-refractivity contribution < 1.29 is 9.90 Å². The van der Waals surface area contributed by atoms with Gasteiger partial charge in [-0.15, -0.1) is 0 Å². The van der Waals surface area contributed by atoms with Gasteiger partial charge in [0.25, 0.3) is 0 Å². The number of para-hydroxylation sites is 1. The Hall–Kier alpha value is -2.96. The molecule has 0 unspecified atom stereocenters. The topological polar surface area (TPSA) is 76.6 Å². The molecule has 0 radical (unpaired) electrons. The first-order valence-electron chi connectivity index (χ1n) is 9.89. The van der Waals surface area contributed by atoms with Crippen LogP contribution in [0.25, 0.3) is 10.9 Å². The summed E-state index contributed by atoms with van der Waals surface area (Å²) in [6.45, 7) is 7.10. The molecule has 3 aromatic rings. The summed E-state index contributed by atoms with van der Waals surface area (Å²) in [7, 11) is 0. The SMILES string of the molecule is Cc1[nH]c2c(C(=O)O)cccc2c(=O)c1CN1CCN(Cc2ccccc2)CC1. The van der Waals surface area contributed by atoms with E-state index in [2.05, 4.69) is 39.0 Å². The van der Waals surface area contributed by atoms with E-state index in [0.29, 0.717) is 17.4 Å². The number of pyridine rings is 1. The normalized spacial score (nSPS) is 15.6. The van der Waals surface area contributed by atoms with E-state index in [4.69, 9.17) is 0 Å². The number of carboxylic acid groups (broad SMARTS) is 1. The first-order valence-corrected chi connectivity index (χ1v) is 9.89. The number of fused-ring (bicyclic) bond motifs is 1. The van der Waals surface area contributed by atoms with Gasteiger partial charge >= 0.3 is 5.97 Å². The number of aromatic amines is 1. The average molecular weight is 391 g/mol. The second-order valence-electron chi connectivity index (χ2n) is 7.63. The highest BCUT2D eigenvalue weighted by atomic mass is 16.4. The summed E-state index contributed by atoms with van der Waals surface area (Å²) in [6, 6.07) is 15.3. The predicted molar refractivity (Wildman–Crippen MR) is 113 cm³/mol. The number of aromatic carboxylic acids is 1. The molecule has 1 aromatic heterocycles. The Bertz CT molecular complexity index is 1080. The van der Waals surface area contributed by atoms with Crippen LogP contribution in [0.4, 0.5) is 0 Å². The number of nitrogens with zero attached hydrogens (tertiary/aromatic N) is 2. The third-order valence-electron chi connectivity index (χ3n) is 5.67. The van der Waals surface area contributed by atoms with Crippen LogP contribution in [0.15, 0.2) is 53.3 Å². The highest BCUT2D eigenvalue weighted by Crippen LogP contribution is 2.18. The molecule has 2 heterocycles. The fourth-order valence-corrected chi connectivity index (χ4v) is 4.01. The van der Waals surface area contributed by atoms with E-state index in [1.807, 2.05) is 13.0 Å². The van der Waals surface area contributed by atoms with Crippen LogP contribution in [0.1, 0.15) is 27.2 Å². The van der Waals surface area contributed by atoms with E-state index >= 15 is 0 Å². The maximum atomic E-state index is 13.1. The Morgan fingerprint density at radius 2 is 1.62 bits per heavy atom. The number of carbonyl (C=O) groups is 1. The Labute approximate surface area is 169 Å². The van der Waals surface area contributed by atoms with Crippen molar-refractivity contribution in [3.63, 3.8) is 0 Å². The highest BCUT2D eigenvalue weighted by Gasteiger charge is 2.20. The second kappa shape index (κ2) is 8.19. The lowest BCUT2D eigenvalue weighted by molar-refractivity contribution is 0.0699. The molecule has 0 bridgehead atoms. The van der Waals surface area contributed by atoms with Gasteiger partial charge in [-0.1, -0.05) is 36.4 Å². The molecule has 0 aliphatic carbocycles. The van der Waals surface area contributed by atoms with Crippen LogP contribution in [-0.4, -0.2) is 52.0 Å². The number of piperazine rings is 1. The van der Waals surface area contributed by atoms with Crippen LogP contribution in [0, 0.1) is 6.92 Å². The molecule has 2 aromatic carbocycles. The van der Waals surface area contributed by atoms with Crippen LogP contribution < -0.4 is 5.43 Å². The zero-order valence-electron chi connectivity index (χ0n) is 16.5. The van der Waals surface area contributed by atoms with Crippen LogP contribution in [0.5, 0.6) is 0 Å². The molecule has 4 rings (SSSR count). The Morgan fingerprint density at radius 1 is 0.966 bits per heavy atom. The maximum Gasteiger partial charge on any atom is 0.337 e. The van der Waals surface area contributed by atoms with Crippen LogP contribution >= 0.6 is 0 Å². The number of aromatic nitrogens is 1. The summed E-state index contributed by atoms with van der Waals surface area (Å²) >= 11 is 0. The highest BCUT2D eigenvalue weighted by molar-refractivity contribution is 6.01. The van der Waals surface area contributed by atoms with Crippen molar-refractivity contribution in [1.82, 2.24) is 14.8 Å². The molecule has 1 fully saturated rings. The Kier molecular flexibility index (Phi) is 5.47. The molecule has 1 aliphatic rings.